The molecule has 6 nitrogen and oxygen atoms in total. The SMILES string of the molecule is COC(=O)N1CCC(C)(N2CCC(N3C(=O)Cc4ccc(F)cc43)CC2)C1. The second kappa shape index (κ2) is 6.78. The van der Waals surface area contributed by atoms with Crippen LogP contribution >= 0.6 is 0 Å². The van der Waals surface area contributed by atoms with Crippen LogP contribution in [-0.4, -0.2) is 66.7 Å². The van der Waals surface area contributed by atoms with Gasteiger partial charge in [0.25, 0.3) is 0 Å². The van der Waals surface area contributed by atoms with Gasteiger partial charge in [-0.15, -0.1) is 0 Å². The number of fused-ring (bicyclic) bond motifs is 1. The number of ether oxygens (including phenoxy) is 1. The van der Waals surface area contributed by atoms with E-state index in [-0.39, 0.29) is 29.4 Å². The topological polar surface area (TPSA) is 53.1 Å². The average Bonchev–Trinajstić information content (AvgIpc) is 3.21. The Bertz CT molecular complexity index is 763. The van der Waals surface area contributed by atoms with E-state index in [0.717, 1.165) is 43.6 Å². The lowest BCUT2D eigenvalue weighted by molar-refractivity contribution is -0.118. The highest BCUT2D eigenvalue weighted by molar-refractivity contribution is 6.01. The van der Waals surface area contributed by atoms with Crippen LogP contribution in [0.25, 0.3) is 0 Å². The molecule has 3 aliphatic heterocycles. The van der Waals surface area contributed by atoms with Crippen molar-refractivity contribution in [1.82, 2.24) is 9.80 Å². The van der Waals surface area contributed by atoms with E-state index >= 15 is 0 Å². The van der Waals surface area contributed by atoms with E-state index in [4.69, 9.17) is 4.74 Å². The van der Waals surface area contributed by atoms with Gasteiger partial charge in [-0.3, -0.25) is 9.69 Å². The smallest absolute Gasteiger partial charge is 0.409 e. The quantitative estimate of drug-likeness (QED) is 0.797. The first-order valence-electron chi connectivity index (χ1n) is 9.60. The van der Waals surface area contributed by atoms with E-state index in [1.807, 2.05) is 4.90 Å². The Hall–Kier alpha value is -2.15. The van der Waals surface area contributed by atoms with Gasteiger partial charge in [0.2, 0.25) is 5.91 Å². The Morgan fingerprint density at radius 2 is 2.00 bits per heavy atom. The largest absolute Gasteiger partial charge is 0.453 e. The van der Waals surface area contributed by atoms with Gasteiger partial charge in [-0.25, -0.2) is 9.18 Å². The molecule has 0 spiro atoms. The van der Waals surface area contributed by atoms with Crippen LogP contribution in [0.3, 0.4) is 0 Å². The molecule has 7 heteroatoms. The van der Waals surface area contributed by atoms with Crippen molar-refractivity contribution in [3.63, 3.8) is 0 Å². The van der Waals surface area contributed by atoms with E-state index < -0.39 is 0 Å². The number of benzene rings is 1. The third-order valence-electron chi connectivity index (χ3n) is 6.39. The normalized spacial score (nSPS) is 26.6. The van der Waals surface area contributed by atoms with Crippen LogP contribution in [0, 0.1) is 5.82 Å². The van der Waals surface area contributed by atoms with Gasteiger partial charge in [0.05, 0.1) is 19.2 Å². The fourth-order valence-electron chi connectivity index (χ4n) is 4.85. The molecule has 0 saturated carbocycles. The number of hydrogen-bond donors (Lipinski definition) is 0. The van der Waals surface area contributed by atoms with Crippen LogP contribution in [-0.2, 0) is 16.0 Å². The van der Waals surface area contributed by atoms with Crippen LogP contribution < -0.4 is 4.90 Å². The summed E-state index contributed by atoms with van der Waals surface area (Å²) < 4.78 is 18.5. The number of nitrogens with zero attached hydrogens (tertiary/aromatic N) is 3. The summed E-state index contributed by atoms with van der Waals surface area (Å²) in [4.78, 5) is 30.3. The maximum Gasteiger partial charge on any atom is 0.409 e. The van der Waals surface area contributed by atoms with Crippen molar-refractivity contribution in [3.05, 3.63) is 29.6 Å². The lowest BCUT2D eigenvalue weighted by Crippen LogP contribution is -2.55. The molecule has 2 amide bonds. The molecule has 146 valence electrons. The van der Waals surface area contributed by atoms with Gasteiger partial charge >= 0.3 is 6.09 Å². The summed E-state index contributed by atoms with van der Waals surface area (Å²) in [6.07, 6.45) is 2.73. The van der Waals surface area contributed by atoms with Gasteiger partial charge in [0, 0.05) is 37.8 Å². The van der Waals surface area contributed by atoms with Crippen LogP contribution in [0.1, 0.15) is 31.7 Å². The zero-order chi connectivity index (χ0) is 19.2. The molecule has 3 heterocycles. The van der Waals surface area contributed by atoms with Crippen molar-refractivity contribution in [3.8, 4) is 0 Å². The third-order valence-corrected chi connectivity index (χ3v) is 6.39. The number of rotatable bonds is 2. The Morgan fingerprint density at radius 1 is 1.26 bits per heavy atom. The van der Waals surface area contributed by atoms with Crippen molar-refractivity contribution in [2.45, 2.75) is 44.2 Å². The second-order valence-corrected chi connectivity index (χ2v) is 8.07. The van der Waals surface area contributed by atoms with Crippen LogP contribution in [0.2, 0.25) is 0 Å². The minimum absolute atomic E-state index is 0.0573. The zero-order valence-electron chi connectivity index (χ0n) is 15.9. The summed E-state index contributed by atoms with van der Waals surface area (Å²) in [5.74, 6) is -0.231. The third kappa shape index (κ3) is 3.18. The summed E-state index contributed by atoms with van der Waals surface area (Å²) >= 11 is 0. The van der Waals surface area contributed by atoms with Gasteiger partial charge in [-0.2, -0.15) is 0 Å². The van der Waals surface area contributed by atoms with Gasteiger partial charge < -0.3 is 14.5 Å². The number of hydrogen-bond acceptors (Lipinski definition) is 4. The van der Waals surface area contributed by atoms with Crippen molar-refractivity contribution in [2.24, 2.45) is 0 Å². The first kappa shape index (κ1) is 18.2. The predicted octanol–water partition coefficient (Wildman–Crippen LogP) is 2.41. The maximum absolute atomic E-state index is 13.7. The lowest BCUT2D eigenvalue weighted by atomic mass is 9.93. The Balaban J connectivity index is 1.42. The van der Waals surface area contributed by atoms with E-state index in [2.05, 4.69) is 11.8 Å². The molecule has 2 fully saturated rings. The highest BCUT2D eigenvalue weighted by Gasteiger charge is 2.43. The van der Waals surface area contributed by atoms with Crippen LogP contribution in [0.15, 0.2) is 18.2 Å². The Labute approximate surface area is 158 Å². The van der Waals surface area contributed by atoms with Gasteiger partial charge in [-0.05, 0) is 43.9 Å². The van der Waals surface area contributed by atoms with E-state index in [9.17, 15) is 14.0 Å². The number of methoxy groups -OCH3 is 1. The molecule has 27 heavy (non-hydrogen) atoms. The van der Waals surface area contributed by atoms with Crippen LogP contribution in [0.5, 0.6) is 0 Å². The Kier molecular flexibility index (Phi) is 4.58. The minimum atomic E-state index is -0.299. The monoisotopic (exact) mass is 375 g/mol. The fraction of sp³-hybridized carbons (Fsp3) is 0.600. The van der Waals surface area contributed by atoms with Crippen molar-refractivity contribution < 1.29 is 18.7 Å². The van der Waals surface area contributed by atoms with E-state index in [0.29, 0.717) is 19.5 Å². The maximum atomic E-state index is 13.7. The molecule has 0 N–H and O–H groups in total. The number of amides is 2. The summed E-state index contributed by atoms with van der Waals surface area (Å²) in [6, 6.07) is 4.74. The molecule has 2 saturated heterocycles. The molecule has 0 bridgehead atoms. The first-order valence-corrected chi connectivity index (χ1v) is 9.60. The number of piperidine rings is 1. The number of likely N-dealkylation sites (tertiary alicyclic amines) is 2. The lowest BCUT2D eigenvalue weighted by Gasteiger charge is -2.44. The van der Waals surface area contributed by atoms with Crippen molar-refractivity contribution in [1.29, 1.82) is 0 Å². The zero-order valence-corrected chi connectivity index (χ0v) is 15.9. The first-order chi connectivity index (χ1) is 12.9. The highest BCUT2D eigenvalue weighted by Crippen LogP contribution is 2.36. The van der Waals surface area contributed by atoms with Crippen LogP contribution in [0.4, 0.5) is 14.9 Å². The van der Waals surface area contributed by atoms with Crippen molar-refractivity contribution in [2.75, 3.05) is 38.2 Å². The second-order valence-electron chi connectivity index (χ2n) is 8.07. The van der Waals surface area contributed by atoms with E-state index in [1.54, 1.807) is 11.0 Å². The predicted molar refractivity (Wildman–Crippen MR) is 99.2 cm³/mol. The standard InChI is InChI=1S/C20H26FN3O3/c1-20(7-10-22(13-20)19(26)27-2)23-8-5-16(6-9-23)24-17-12-15(21)4-3-14(17)11-18(24)25/h3-4,12,16H,5-11,13H2,1-2H3. The van der Waals surface area contributed by atoms with Gasteiger partial charge in [0.15, 0.2) is 0 Å². The molecular weight excluding hydrogens is 349 g/mol. The summed E-state index contributed by atoms with van der Waals surface area (Å²) in [6.45, 7) is 5.30. The van der Waals surface area contributed by atoms with Gasteiger partial charge in [-0.1, -0.05) is 6.07 Å². The summed E-state index contributed by atoms with van der Waals surface area (Å²) in [7, 11) is 1.41. The molecule has 1 atom stereocenters. The molecular formula is C20H26FN3O3. The molecule has 1 aromatic rings. The molecule has 0 aromatic heterocycles. The Morgan fingerprint density at radius 3 is 2.70 bits per heavy atom. The van der Waals surface area contributed by atoms with Gasteiger partial charge in [0.1, 0.15) is 5.82 Å². The number of anilines is 1. The molecule has 0 radical (unpaired) electrons. The molecule has 0 aliphatic carbocycles. The number of carbonyl (C=O) groups is 2. The molecule has 1 unspecified atom stereocenters. The highest BCUT2D eigenvalue weighted by atomic mass is 19.1. The molecule has 4 rings (SSSR count). The number of carbonyl (C=O) groups excluding carboxylic acids is 2. The molecule has 1 aromatic carbocycles. The molecule has 3 aliphatic rings. The average molecular weight is 375 g/mol. The summed E-state index contributed by atoms with van der Waals surface area (Å²) in [5, 5.41) is 0. The van der Waals surface area contributed by atoms with Crippen molar-refractivity contribution >= 4 is 17.7 Å². The summed E-state index contributed by atoms with van der Waals surface area (Å²) in [5.41, 5.74) is 1.60. The fourth-order valence-corrected chi connectivity index (χ4v) is 4.85. The van der Waals surface area contributed by atoms with E-state index in [1.165, 1.54) is 19.2 Å². The number of halogens is 1. The minimum Gasteiger partial charge on any atom is -0.453 e.